The number of halogens is 1. The van der Waals surface area contributed by atoms with Crippen molar-refractivity contribution in [1.82, 2.24) is 19.7 Å². The van der Waals surface area contributed by atoms with E-state index in [1.165, 1.54) is 10.9 Å². The van der Waals surface area contributed by atoms with Gasteiger partial charge in [0.25, 0.3) is 5.56 Å². The zero-order valence-electron chi connectivity index (χ0n) is 15.4. The summed E-state index contributed by atoms with van der Waals surface area (Å²) in [5, 5.41) is 7.25. The molecule has 0 saturated heterocycles. The number of hydrogen-bond donors (Lipinski definition) is 1. The van der Waals surface area contributed by atoms with E-state index in [2.05, 4.69) is 36.4 Å². The Morgan fingerprint density at radius 3 is 2.86 bits per heavy atom. The van der Waals surface area contributed by atoms with E-state index in [9.17, 15) is 9.59 Å². The predicted molar refractivity (Wildman–Crippen MR) is 111 cm³/mol. The molecule has 0 aliphatic carbocycles. The lowest BCUT2D eigenvalue weighted by molar-refractivity contribution is -0.116. The third-order valence-corrected chi connectivity index (χ3v) is 4.83. The number of anilines is 1. The molecule has 0 saturated carbocycles. The van der Waals surface area contributed by atoms with E-state index in [0.29, 0.717) is 33.9 Å². The Balaban J connectivity index is 1.50. The Morgan fingerprint density at radius 1 is 1.24 bits per heavy atom. The molecule has 4 rings (SSSR count). The SMILES string of the molecule is Cc1nc(-c2ccccc2NC(=O)CCn2cnc3ccc(Br)cc3c2=O)no1. The lowest BCUT2D eigenvalue weighted by Crippen LogP contribution is -2.23. The summed E-state index contributed by atoms with van der Waals surface area (Å²) in [6, 6.07) is 12.5. The van der Waals surface area contributed by atoms with Crippen molar-refractivity contribution in [2.24, 2.45) is 0 Å². The van der Waals surface area contributed by atoms with Crippen LogP contribution in [0, 0.1) is 6.92 Å². The number of rotatable bonds is 5. The van der Waals surface area contributed by atoms with Gasteiger partial charge in [0.15, 0.2) is 0 Å². The Labute approximate surface area is 173 Å². The van der Waals surface area contributed by atoms with Crippen molar-refractivity contribution in [1.29, 1.82) is 0 Å². The van der Waals surface area contributed by atoms with Gasteiger partial charge in [0.2, 0.25) is 17.6 Å². The van der Waals surface area contributed by atoms with Crippen molar-refractivity contribution >= 4 is 38.4 Å². The molecule has 0 aliphatic heterocycles. The van der Waals surface area contributed by atoms with Crippen LogP contribution in [0.5, 0.6) is 0 Å². The Morgan fingerprint density at radius 2 is 2.07 bits per heavy atom. The van der Waals surface area contributed by atoms with Gasteiger partial charge in [-0.2, -0.15) is 4.98 Å². The first-order valence-corrected chi connectivity index (χ1v) is 9.65. The van der Waals surface area contributed by atoms with Crippen molar-refractivity contribution in [2.75, 3.05) is 5.32 Å². The zero-order valence-corrected chi connectivity index (χ0v) is 17.0. The maximum absolute atomic E-state index is 12.6. The standard InChI is InChI=1S/C20H16BrN5O3/c1-12-23-19(25-29-12)14-4-2-3-5-17(14)24-18(27)8-9-26-11-22-16-7-6-13(21)10-15(16)20(26)28/h2-7,10-11H,8-9H2,1H3,(H,24,27). The van der Waals surface area contributed by atoms with Gasteiger partial charge in [-0.05, 0) is 30.3 Å². The second-order valence-electron chi connectivity index (χ2n) is 6.39. The number of carbonyl (C=O) groups is 1. The van der Waals surface area contributed by atoms with Crippen LogP contribution < -0.4 is 10.9 Å². The molecule has 146 valence electrons. The lowest BCUT2D eigenvalue weighted by Gasteiger charge is -2.10. The van der Waals surface area contributed by atoms with E-state index in [4.69, 9.17) is 4.52 Å². The average Bonchev–Trinajstić information content (AvgIpc) is 3.14. The van der Waals surface area contributed by atoms with Gasteiger partial charge in [0.05, 0.1) is 22.9 Å². The molecular formula is C20H16BrN5O3. The van der Waals surface area contributed by atoms with Gasteiger partial charge in [-0.25, -0.2) is 4.98 Å². The van der Waals surface area contributed by atoms with E-state index >= 15 is 0 Å². The molecule has 2 heterocycles. The van der Waals surface area contributed by atoms with Gasteiger partial charge < -0.3 is 9.84 Å². The van der Waals surface area contributed by atoms with Crippen molar-refractivity contribution in [3.05, 3.63) is 69.5 Å². The molecule has 2 aromatic carbocycles. The minimum atomic E-state index is -0.237. The summed E-state index contributed by atoms with van der Waals surface area (Å²) in [6.45, 7) is 1.91. The van der Waals surface area contributed by atoms with E-state index in [0.717, 1.165) is 4.47 Å². The fourth-order valence-corrected chi connectivity index (χ4v) is 3.28. The van der Waals surface area contributed by atoms with Gasteiger partial charge in [-0.3, -0.25) is 14.2 Å². The maximum Gasteiger partial charge on any atom is 0.261 e. The number of amides is 1. The number of aryl methyl sites for hydroxylation is 2. The van der Waals surface area contributed by atoms with Crippen LogP contribution in [0.2, 0.25) is 0 Å². The highest BCUT2D eigenvalue weighted by Crippen LogP contribution is 2.25. The molecule has 0 fully saturated rings. The molecule has 1 N–H and O–H groups in total. The molecular weight excluding hydrogens is 438 g/mol. The van der Waals surface area contributed by atoms with Gasteiger partial charge in [0.1, 0.15) is 0 Å². The van der Waals surface area contributed by atoms with Crippen molar-refractivity contribution in [2.45, 2.75) is 19.9 Å². The number of aromatic nitrogens is 4. The summed E-state index contributed by atoms with van der Waals surface area (Å²) in [5.74, 6) is 0.605. The number of nitrogens with zero attached hydrogens (tertiary/aromatic N) is 4. The molecule has 0 aliphatic rings. The molecule has 9 heteroatoms. The summed E-state index contributed by atoms with van der Waals surface area (Å²) in [4.78, 5) is 33.6. The molecule has 29 heavy (non-hydrogen) atoms. The van der Waals surface area contributed by atoms with Crippen LogP contribution >= 0.6 is 15.9 Å². The summed E-state index contributed by atoms with van der Waals surface area (Å²) in [6.07, 6.45) is 1.57. The largest absolute Gasteiger partial charge is 0.339 e. The zero-order chi connectivity index (χ0) is 20.4. The molecule has 0 radical (unpaired) electrons. The minimum absolute atomic E-state index is 0.112. The molecule has 0 spiro atoms. The Hall–Kier alpha value is -3.33. The average molecular weight is 454 g/mol. The van der Waals surface area contributed by atoms with Crippen molar-refractivity contribution in [3.8, 4) is 11.4 Å². The second-order valence-corrected chi connectivity index (χ2v) is 7.30. The van der Waals surface area contributed by atoms with Crippen molar-refractivity contribution < 1.29 is 9.32 Å². The molecule has 2 aromatic heterocycles. The summed E-state index contributed by atoms with van der Waals surface area (Å²) in [7, 11) is 0. The predicted octanol–water partition coefficient (Wildman–Crippen LogP) is 3.55. The maximum atomic E-state index is 12.6. The number of hydrogen-bond acceptors (Lipinski definition) is 6. The third kappa shape index (κ3) is 4.09. The number of para-hydroxylation sites is 1. The monoisotopic (exact) mass is 453 g/mol. The van der Waals surface area contributed by atoms with Gasteiger partial charge in [0, 0.05) is 29.9 Å². The van der Waals surface area contributed by atoms with Crippen LogP contribution in [0.4, 0.5) is 5.69 Å². The minimum Gasteiger partial charge on any atom is -0.339 e. The highest BCUT2D eigenvalue weighted by molar-refractivity contribution is 9.10. The first kappa shape index (κ1) is 19.0. The Kier molecular flexibility index (Phi) is 5.22. The lowest BCUT2D eigenvalue weighted by atomic mass is 10.1. The van der Waals surface area contributed by atoms with Crippen LogP contribution in [0.1, 0.15) is 12.3 Å². The van der Waals surface area contributed by atoms with E-state index in [-0.39, 0.29) is 24.4 Å². The fourth-order valence-electron chi connectivity index (χ4n) is 2.92. The molecule has 0 atom stereocenters. The van der Waals surface area contributed by atoms with Gasteiger partial charge in [-0.1, -0.05) is 33.2 Å². The molecule has 8 nitrogen and oxygen atoms in total. The molecule has 4 aromatic rings. The van der Waals surface area contributed by atoms with Crippen LogP contribution in [-0.4, -0.2) is 25.6 Å². The fraction of sp³-hybridized carbons (Fsp3) is 0.150. The number of fused-ring (bicyclic) bond motifs is 1. The number of carbonyl (C=O) groups excluding carboxylic acids is 1. The molecule has 1 amide bonds. The Bertz CT molecular complexity index is 1260. The van der Waals surface area contributed by atoms with Crippen LogP contribution in [-0.2, 0) is 11.3 Å². The van der Waals surface area contributed by atoms with Gasteiger partial charge >= 0.3 is 0 Å². The highest BCUT2D eigenvalue weighted by atomic mass is 79.9. The topological polar surface area (TPSA) is 103 Å². The first-order valence-electron chi connectivity index (χ1n) is 8.85. The van der Waals surface area contributed by atoms with E-state index in [1.54, 1.807) is 31.2 Å². The molecule has 0 bridgehead atoms. The smallest absolute Gasteiger partial charge is 0.261 e. The summed E-state index contributed by atoms with van der Waals surface area (Å²) >= 11 is 3.36. The number of nitrogens with one attached hydrogen (secondary N) is 1. The normalized spacial score (nSPS) is 11.0. The van der Waals surface area contributed by atoms with E-state index in [1.807, 2.05) is 18.2 Å². The first-order chi connectivity index (χ1) is 14.0. The van der Waals surface area contributed by atoms with Crippen LogP contribution in [0.25, 0.3) is 22.3 Å². The molecule has 0 unspecified atom stereocenters. The quantitative estimate of drug-likeness (QED) is 0.495. The van der Waals surface area contributed by atoms with Gasteiger partial charge in [-0.15, -0.1) is 0 Å². The van der Waals surface area contributed by atoms with E-state index < -0.39 is 0 Å². The summed E-state index contributed by atoms with van der Waals surface area (Å²) < 4.78 is 7.25. The third-order valence-electron chi connectivity index (χ3n) is 4.34. The second kappa shape index (κ2) is 7.96. The summed E-state index contributed by atoms with van der Waals surface area (Å²) in [5.41, 5.74) is 1.66. The van der Waals surface area contributed by atoms with Crippen LogP contribution in [0.15, 0.2) is 62.6 Å². The van der Waals surface area contributed by atoms with Crippen LogP contribution in [0.3, 0.4) is 0 Å². The highest BCUT2D eigenvalue weighted by Gasteiger charge is 2.13. The number of benzene rings is 2. The van der Waals surface area contributed by atoms with Crippen molar-refractivity contribution in [3.63, 3.8) is 0 Å².